The summed E-state index contributed by atoms with van der Waals surface area (Å²) in [5, 5.41) is 5.45. The zero-order valence-electron chi connectivity index (χ0n) is 48.9. The van der Waals surface area contributed by atoms with Gasteiger partial charge in [0.2, 0.25) is 0 Å². The Morgan fingerprint density at radius 3 is 1.71 bits per heavy atom. The van der Waals surface area contributed by atoms with Gasteiger partial charge in [-0.2, -0.15) is 0 Å². The molecule has 0 aromatic heterocycles. The van der Waals surface area contributed by atoms with Crippen LogP contribution in [0.3, 0.4) is 0 Å². The molecule has 86 heavy (non-hydrogen) atoms. The molecule has 19 heteroatoms. The molecule has 6 aromatic carbocycles. The van der Waals surface area contributed by atoms with Crippen molar-refractivity contribution < 1.29 is 71.0 Å². The van der Waals surface area contributed by atoms with Crippen LogP contribution in [0.5, 0.6) is 0 Å². The van der Waals surface area contributed by atoms with Crippen LogP contribution in [0.4, 0.5) is 4.79 Å². The molecule has 0 spiro atoms. The number of esters is 2. The number of carbonyl (C=O) groups excluding carboxylic acids is 4. The minimum atomic E-state index is -3.41. The van der Waals surface area contributed by atoms with Gasteiger partial charge in [0.25, 0.3) is 8.32 Å². The fraction of sp³-hybridized carbons (Fsp3) is 0.373. The van der Waals surface area contributed by atoms with Crippen LogP contribution in [0.2, 0.25) is 5.04 Å². The summed E-state index contributed by atoms with van der Waals surface area (Å²) in [4.78, 5) is 57.8. The number of nitrogens with zero attached hydrogens (tertiary/aromatic N) is 3. The zero-order valence-corrected chi connectivity index (χ0v) is 49.9. The van der Waals surface area contributed by atoms with Gasteiger partial charge in [-0.05, 0) is 61.2 Å². The normalized spacial score (nSPS) is 22.7. The van der Waals surface area contributed by atoms with Crippen LogP contribution in [0.15, 0.2) is 188 Å². The monoisotopic (exact) mass is 1190 g/mol. The van der Waals surface area contributed by atoms with E-state index in [-0.39, 0.29) is 64.2 Å². The van der Waals surface area contributed by atoms with E-state index in [1.807, 2.05) is 170 Å². The number of hydrogen-bond acceptors (Lipinski definition) is 16. The first-order valence-electron chi connectivity index (χ1n) is 28.8. The third-order valence-corrected chi connectivity index (χ3v) is 20.4. The second-order valence-electron chi connectivity index (χ2n) is 22.3. The molecule has 2 heterocycles. The molecule has 450 valence electrons. The second kappa shape index (κ2) is 29.5. The van der Waals surface area contributed by atoms with E-state index in [1.165, 1.54) is 19.9 Å². The molecule has 10 atom stereocenters. The molecule has 0 radical (unpaired) electrons. The number of rotatable bonds is 26. The first-order valence-corrected chi connectivity index (χ1v) is 30.7. The van der Waals surface area contributed by atoms with Crippen molar-refractivity contribution >= 4 is 42.6 Å². The number of carbonyl (C=O) groups is 4. The van der Waals surface area contributed by atoms with Crippen LogP contribution < -0.4 is 10.4 Å². The van der Waals surface area contributed by atoms with Gasteiger partial charge in [-0.3, -0.25) is 9.59 Å². The lowest BCUT2D eigenvalue weighted by molar-refractivity contribution is -0.352. The fourth-order valence-corrected chi connectivity index (χ4v) is 16.1. The number of azide groups is 1. The quantitative estimate of drug-likeness (QED) is 0.00938. The summed E-state index contributed by atoms with van der Waals surface area (Å²) in [6.45, 7) is 12.0. The first kappa shape index (κ1) is 62.7. The average molecular weight is 1190 g/mol. The molecule has 2 fully saturated rings. The van der Waals surface area contributed by atoms with Crippen LogP contribution in [0, 0.1) is 0 Å². The molecule has 0 N–H and O–H groups in total. The van der Waals surface area contributed by atoms with Gasteiger partial charge in [0.05, 0.1) is 39.5 Å². The zero-order chi connectivity index (χ0) is 60.6. The minimum absolute atomic E-state index is 0.0837. The summed E-state index contributed by atoms with van der Waals surface area (Å²) in [6.07, 6.45) is -13.2. The van der Waals surface area contributed by atoms with Crippen molar-refractivity contribution in [1.29, 1.82) is 0 Å². The van der Waals surface area contributed by atoms with Crippen molar-refractivity contribution in [3.05, 3.63) is 215 Å². The molecule has 0 bridgehead atoms. The molecule has 3 aliphatic rings. The Hall–Kier alpha value is -7.81. The van der Waals surface area contributed by atoms with Gasteiger partial charge in [-0.25, -0.2) is 4.79 Å². The number of ketones is 1. The van der Waals surface area contributed by atoms with Crippen LogP contribution in [-0.4, -0.2) is 120 Å². The van der Waals surface area contributed by atoms with E-state index in [0.717, 1.165) is 43.8 Å². The third kappa shape index (κ3) is 15.0. The number of benzene rings is 6. The molecular formula is C67H73N3O15Si. The third-order valence-electron chi connectivity index (χ3n) is 15.4. The summed E-state index contributed by atoms with van der Waals surface area (Å²) in [6, 6.07) is 52.9. The van der Waals surface area contributed by atoms with Crippen molar-refractivity contribution in [3.63, 3.8) is 0 Å². The summed E-state index contributed by atoms with van der Waals surface area (Å²) in [7, 11) is -3.41. The molecule has 0 unspecified atom stereocenters. The van der Waals surface area contributed by atoms with Crippen molar-refractivity contribution in [2.24, 2.45) is 5.11 Å². The van der Waals surface area contributed by atoms with Gasteiger partial charge >= 0.3 is 18.1 Å². The Morgan fingerprint density at radius 2 is 1.15 bits per heavy atom. The highest BCUT2D eigenvalue weighted by molar-refractivity contribution is 6.99. The first-order chi connectivity index (χ1) is 41.7. The van der Waals surface area contributed by atoms with Gasteiger partial charge in [-0.1, -0.05) is 202 Å². The van der Waals surface area contributed by atoms with Crippen LogP contribution >= 0.6 is 0 Å². The molecule has 2 saturated heterocycles. The van der Waals surface area contributed by atoms with Gasteiger partial charge in [-0.15, -0.1) is 6.58 Å². The van der Waals surface area contributed by atoms with E-state index >= 15 is 0 Å². The van der Waals surface area contributed by atoms with E-state index in [4.69, 9.17) is 51.8 Å². The molecule has 0 saturated carbocycles. The largest absolute Gasteiger partial charge is 0.508 e. The van der Waals surface area contributed by atoms with Crippen molar-refractivity contribution in [2.75, 3.05) is 26.4 Å². The summed E-state index contributed by atoms with van der Waals surface area (Å²) in [5.41, 5.74) is 15.8. The van der Waals surface area contributed by atoms with E-state index in [9.17, 15) is 24.7 Å². The van der Waals surface area contributed by atoms with Crippen molar-refractivity contribution in [2.45, 2.75) is 133 Å². The van der Waals surface area contributed by atoms with E-state index in [0.29, 0.717) is 0 Å². The topological polar surface area (TPSA) is 219 Å². The Bertz CT molecular complexity index is 3190. The minimum Gasteiger partial charge on any atom is -0.459 e. The maximum atomic E-state index is 14.5. The van der Waals surface area contributed by atoms with Gasteiger partial charge < -0.3 is 56.6 Å². The maximum absolute atomic E-state index is 14.5. The molecular weight excluding hydrogens is 1110 g/mol. The Morgan fingerprint density at radius 1 is 0.605 bits per heavy atom. The number of ether oxygens (including phenoxy) is 10. The average Bonchev–Trinajstić information content (AvgIpc) is 1.02. The van der Waals surface area contributed by atoms with Gasteiger partial charge in [0, 0.05) is 24.2 Å². The van der Waals surface area contributed by atoms with Gasteiger partial charge in [0.15, 0.2) is 24.8 Å². The smallest absolute Gasteiger partial charge is 0.459 e. The molecule has 1 aliphatic carbocycles. The number of fused-ring (bicyclic) bond motifs is 3. The molecule has 6 aromatic rings. The summed E-state index contributed by atoms with van der Waals surface area (Å²) < 4.78 is 72.9. The van der Waals surface area contributed by atoms with E-state index < -0.39 is 92.8 Å². The van der Waals surface area contributed by atoms with Crippen LogP contribution in [0.1, 0.15) is 75.6 Å². The summed E-state index contributed by atoms with van der Waals surface area (Å²) >= 11 is 0. The highest BCUT2D eigenvalue weighted by Gasteiger charge is 2.58. The van der Waals surface area contributed by atoms with Crippen LogP contribution in [-0.2, 0) is 79.4 Å². The highest BCUT2D eigenvalue weighted by Crippen LogP contribution is 2.45. The molecule has 2 aliphatic heterocycles. The standard InChI is InChI=1S/C67H73N3O15Si/c1-7-38-76-64-58(69-70-68)61(83-57(73)37-36-44(2)71)59(56(81-64)43-79-86(67(4,5)6,48-28-16-10-17-29-48)49-30-18-11-19-31-49)84-65-63(80-45(3)72)62(77-40-47-26-14-9-15-27-47)60(55(82-65)42-75-39-46-24-12-8-13-25-46)85-66(74)78-41-54-52-34-22-20-32-50(52)51-33-21-23-35-53(51)54/h7-35,54-56,58-65H,1,36-43H2,2-6H3/t55-,56+,58+,59+,60+,61+,62-,63+,64+,65-/m0/s1. The fourth-order valence-electron chi connectivity index (χ4n) is 11.6. The van der Waals surface area contributed by atoms with E-state index in [1.54, 1.807) is 0 Å². The van der Waals surface area contributed by atoms with Crippen LogP contribution in [0.25, 0.3) is 21.6 Å². The van der Waals surface area contributed by atoms with Crippen molar-refractivity contribution in [1.82, 2.24) is 0 Å². The molecule has 18 nitrogen and oxygen atoms in total. The predicted molar refractivity (Wildman–Crippen MR) is 321 cm³/mol. The Kier molecular flexibility index (Phi) is 21.5. The SMILES string of the molecule is C=CCO[C@@H]1O[C@H](CO[Si](c2ccccc2)(c2ccccc2)C(C)(C)C)[C@@H](O[C@@H]2O[C@@H](COCc3ccccc3)[C@@H](OC(=O)OCC3c4ccccc4-c4ccccc43)[C@H](OCc3ccccc3)[C@H]2OC(C)=O)[C@H](OC(=O)CCC(C)=O)[C@H]1N=[N+]=[N-]. The lowest BCUT2D eigenvalue weighted by Crippen LogP contribution is -2.69. The lowest BCUT2D eigenvalue weighted by Gasteiger charge is -2.50. The Labute approximate surface area is 502 Å². The van der Waals surface area contributed by atoms with Crippen molar-refractivity contribution in [3.8, 4) is 11.1 Å². The molecule has 9 rings (SSSR count). The highest BCUT2D eigenvalue weighted by atomic mass is 28.4. The van der Waals surface area contributed by atoms with E-state index in [2.05, 4.69) is 37.4 Å². The molecule has 0 amide bonds. The second-order valence-corrected chi connectivity index (χ2v) is 26.6. The van der Waals surface area contributed by atoms with Gasteiger partial charge in [0.1, 0.15) is 49.0 Å². The Balaban J connectivity index is 1.14. The number of Topliss-reactive ketones (excluding diaryl/α,β-unsaturated/α-hetero) is 1. The maximum Gasteiger partial charge on any atom is 0.508 e. The predicted octanol–water partition coefficient (Wildman–Crippen LogP) is 10.6. The number of hydrogen-bond donors (Lipinski definition) is 0. The summed E-state index contributed by atoms with van der Waals surface area (Å²) in [5.74, 6) is -2.20. The lowest BCUT2D eigenvalue weighted by atomic mass is 9.95.